The highest BCUT2D eigenvalue weighted by molar-refractivity contribution is 7.71. The number of imidazole rings is 1. The number of rotatable bonds is 3. The zero-order valence-corrected chi connectivity index (χ0v) is 11.6. The van der Waals surface area contributed by atoms with Crippen molar-refractivity contribution in [1.29, 1.82) is 0 Å². The van der Waals surface area contributed by atoms with E-state index < -0.39 is 0 Å². The summed E-state index contributed by atoms with van der Waals surface area (Å²) < 4.78 is 4.57. The summed E-state index contributed by atoms with van der Waals surface area (Å²) in [5.41, 5.74) is 3.97. The van der Waals surface area contributed by atoms with Crippen LogP contribution in [0.2, 0.25) is 0 Å². The predicted molar refractivity (Wildman–Crippen MR) is 74.4 cm³/mol. The van der Waals surface area contributed by atoms with E-state index >= 15 is 0 Å². The zero-order chi connectivity index (χ0) is 13.4. The van der Waals surface area contributed by atoms with Crippen molar-refractivity contribution in [2.24, 2.45) is 7.05 Å². The van der Waals surface area contributed by atoms with Crippen molar-refractivity contribution in [3.8, 4) is 0 Å². The van der Waals surface area contributed by atoms with E-state index in [9.17, 15) is 0 Å². The van der Waals surface area contributed by atoms with Gasteiger partial charge in [-0.1, -0.05) is 6.92 Å². The first kappa shape index (κ1) is 12.0. The fourth-order valence-electron chi connectivity index (χ4n) is 2.25. The molecule has 0 radical (unpaired) electrons. The molecule has 0 aliphatic rings. The Morgan fingerprint density at radius 1 is 1.42 bits per heavy atom. The highest BCUT2D eigenvalue weighted by atomic mass is 32.1. The first-order chi connectivity index (χ1) is 9.20. The number of fused-ring (bicyclic) bond motifs is 1. The van der Waals surface area contributed by atoms with Crippen LogP contribution in [0.1, 0.15) is 18.3 Å². The molecule has 19 heavy (non-hydrogen) atoms. The molecule has 0 amide bonds. The molecule has 3 rings (SSSR count). The van der Waals surface area contributed by atoms with Crippen molar-refractivity contribution in [2.75, 3.05) is 0 Å². The summed E-state index contributed by atoms with van der Waals surface area (Å²) in [5, 5.41) is 4.50. The molecule has 0 atom stereocenters. The molecule has 0 aliphatic carbocycles. The van der Waals surface area contributed by atoms with Gasteiger partial charge in [0.25, 0.3) is 0 Å². The Hall–Kier alpha value is -2.02. The third-order valence-electron chi connectivity index (χ3n) is 3.12. The molecular formula is C12H14N6S. The summed E-state index contributed by atoms with van der Waals surface area (Å²) in [5.74, 6) is 0. The maximum Gasteiger partial charge on any atom is 0.179 e. The van der Waals surface area contributed by atoms with Crippen molar-refractivity contribution in [3.63, 3.8) is 0 Å². The Bertz CT molecular complexity index is 767. The molecule has 0 aromatic carbocycles. The van der Waals surface area contributed by atoms with Crippen molar-refractivity contribution >= 4 is 23.4 Å². The normalized spacial score (nSPS) is 11.3. The number of aromatic amines is 1. The van der Waals surface area contributed by atoms with E-state index in [-0.39, 0.29) is 0 Å². The number of H-pyrrole nitrogens is 1. The second kappa shape index (κ2) is 4.58. The Labute approximate surface area is 115 Å². The number of nitrogens with one attached hydrogen (secondary N) is 1. The number of nitrogens with zero attached hydrogens (tertiary/aromatic N) is 5. The lowest BCUT2D eigenvalue weighted by molar-refractivity contribution is 0.701. The van der Waals surface area contributed by atoms with Crippen LogP contribution in [-0.2, 0) is 20.0 Å². The maximum absolute atomic E-state index is 5.40. The minimum atomic E-state index is 0.615. The first-order valence-corrected chi connectivity index (χ1v) is 6.50. The van der Waals surface area contributed by atoms with Gasteiger partial charge in [0.15, 0.2) is 10.4 Å². The second-order valence-corrected chi connectivity index (χ2v) is 4.73. The molecule has 0 aliphatic heterocycles. The van der Waals surface area contributed by atoms with Crippen LogP contribution in [0.15, 0.2) is 18.6 Å². The van der Waals surface area contributed by atoms with Gasteiger partial charge in [-0.25, -0.2) is 9.97 Å². The largest absolute Gasteiger partial charge is 0.328 e. The van der Waals surface area contributed by atoms with Gasteiger partial charge in [-0.05, 0) is 24.7 Å². The number of aryl methyl sites for hydroxylation is 2. The van der Waals surface area contributed by atoms with E-state index in [0.29, 0.717) is 11.3 Å². The molecule has 0 bridgehead atoms. The third kappa shape index (κ3) is 1.95. The fraction of sp³-hybridized carbons (Fsp3) is 0.333. The quantitative estimate of drug-likeness (QED) is 0.740. The molecule has 3 heterocycles. The molecule has 6 nitrogen and oxygen atoms in total. The highest BCUT2D eigenvalue weighted by Gasteiger charge is 2.14. The smallest absolute Gasteiger partial charge is 0.179 e. The molecule has 7 heteroatoms. The summed E-state index contributed by atoms with van der Waals surface area (Å²) in [6.07, 6.45) is 4.15. The van der Waals surface area contributed by atoms with Crippen molar-refractivity contribution in [3.05, 3.63) is 34.7 Å². The summed E-state index contributed by atoms with van der Waals surface area (Å²) in [6.45, 7) is 2.70. The lowest BCUT2D eigenvalue weighted by Crippen LogP contribution is -2.05. The summed E-state index contributed by atoms with van der Waals surface area (Å²) in [7, 11) is 1.93. The average Bonchev–Trinajstić information content (AvgIpc) is 2.90. The first-order valence-electron chi connectivity index (χ1n) is 6.10. The third-order valence-corrected chi connectivity index (χ3v) is 3.44. The highest BCUT2D eigenvalue weighted by Crippen LogP contribution is 2.18. The minimum Gasteiger partial charge on any atom is -0.328 e. The van der Waals surface area contributed by atoms with E-state index in [1.54, 1.807) is 12.5 Å². The van der Waals surface area contributed by atoms with Crippen molar-refractivity contribution in [1.82, 2.24) is 29.3 Å². The van der Waals surface area contributed by atoms with E-state index in [4.69, 9.17) is 12.2 Å². The molecule has 0 unspecified atom stereocenters. The van der Waals surface area contributed by atoms with Gasteiger partial charge in [0, 0.05) is 13.2 Å². The van der Waals surface area contributed by atoms with Crippen molar-refractivity contribution < 1.29 is 0 Å². The van der Waals surface area contributed by atoms with Crippen LogP contribution >= 0.6 is 12.2 Å². The van der Waals surface area contributed by atoms with Crippen molar-refractivity contribution in [2.45, 2.75) is 19.9 Å². The molecule has 0 spiro atoms. The summed E-state index contributed by atoms with van der Waals surface area (Å²) >= 11 is 5.40. The Balaban J connectivity index is 2.16. The topological polar surface area (TPSA) is 64.3 Å². The molecular weight excluding hydrogens is 260 g/mol. The van der Waals surface area contributed by atoms with Crippen LogP contribution in [0, 0.1) is 4.77 Å². The van der Waals surface area contributed by atoms with Gasteiger partial charge in [0.2, 0.25) is 0 Å². The van der Waals surface area contributed by atoms with E-state index in [1.807, 2.05) is 22.4 Å². The summed E-state index contributed by atoms with van der Waals surface area (Å²) in [6, 6.07) is 1.89. The Kier molecular flexibility index (Phi) is 2.90. The van der Waals surface area contributed by atoms with E-state index in [0.717, 1.165) is 29.0 Å². The van der Waals surface area contributed by atoms with Crippen LogP contribution in [0.25, 0.3) is 11.2 Å². The van der Waals surface area contributed by atoms with E-state index in [2.05, 4.69) is 27.0 Å². The Morgan fingerprint density at radius 2 is 2.26 bits per heavy atom. The fourth-order valence-corrected chi connectivity index (χ4v) is 2.50. The second-order valence-electron chi connectivity index (χ2n) is 4.34. The van der Waals surface area contributed by atoms with Crippen LogP contribution in [0.4, 0.5) is 0 Å². The lowest BCUT2D eigenvalue weighted by Gasteiger charge is -2.03. The van der Waals surface area contributed by atoms with Gasteiger partial charge in [-0.2, -0.15) is 5.10 Å². The SMILES string of the molecule is CCc1nn(C)c2c1[nH]c(=S)n2Cc1ccncn1. The molecule has 1 N–H and O–H groups in total. The average molecular weight is 274 g/mol. The van der Waals surface area contributed by atoms with Gasteiger partial charge < -0.3 is 4.98 Å². The summed E-state index contributed by atoms with van der Waals surface area (Å²) in [4.78, 5) is 11.4. The van der Waals surface area contributed by atoms with E-state index in [1.165, 1.54) is 0 Å². The molecule has 0 fully saturated rings. The Morgan fingerprint density at radius 3 is 2.95 bits per heavy atom. The molecule has 3 aromatic rings. The monoisotopic (exact) mass is 274 g/mol. The number of hydrogen-bond donors (Lipinski definition) is 1. The maximum atomic E-state index is 5.40. The van der Waals surface area contributed by atoms with Crippen LogP contribution in [-0.4, -0.2) is 29.3 Å². The molecule has 3 aromatic heterocycles. The molecule has 0 saturated carbocycles. The molecule has 0 saturated heterocycles. The standard InChI is InChI=1S/C12H14N6S/c1-3-9-10-11(17(2)16-9)18(12(19)15-10)6-8-4-5-13-7-14-8/h4-5,7H,3,6H2,1-2H3,(H,15,19). The van der Waals surface area contributed by atoms with Gasteiger partial charge >= 0.3 is 0 Å². The van der Waals surface area contributed by atoms with Crippen LogP contribution in [0.5, 0.6) is 0 Å². The predicted octanol–water partition coefficient (Wildman–Crippen LogP) is 1.83. The van der Waals surface area contributed by atoms with Gasteiger partial charge in [-0.3, -0.25) is 9.25 Å². The zero-order valence-electron chi connectivity index (χ0n) is 10.8. The minimum absolute atomic E-state index is 0.615. The van der Waals surface area contributed by atoms with Crippen LogP contribution < -0.4 is 0 Å². The van der Waals surface area contributed by atoms with Crippen LogP contribution in [0.3, 0.4) is 0 Å². The molecule has 98 valence electrons. The lowest BCUT2D eigenvalue weighted by atomic mass is 10.3. The number of aromatic nitrogens is 6. The van der Waals surface area contributed by atoms with Gasteiger partial charge in [0.1, 0.15) is 11.8 Å². The van der Waals surface area contributed by atoms with Gasteiger partial charge in [-0.15, -0.1) is 0 Å². The number of hydrogen-bond acceptors (Lipinski definition) is 4. The van der Waals surface area contributed by atoms with Gasteiger partial charge in [0.05, 0.1) is 17.9 Å².